The number of halogens is 3. The number of hydrogen-bond acceptors (Lipinski definition) is 3. The van der Waals surface area contributed by atoms with Crippen molar-refractivity contribution in [3.8, 4) is 0 Å². The third-order valence-electron chi connectivity index (χ3n) is 4.85. The second-order valence-electron chi connectivity index (χ2n) is 7.16. The van der Waals surface area contributed by atoms with Gasteiger partial charge in [0.15, 0.2) is 0 Å². The molecule has 0 bridgehead atoms. The third-order valence-corrected chi connectivity index (χ3v) is 4.85. The van der Waals surface area contributed by atoms with E-state index in [1.807, 2.05) is 13.8 Å². The van der Waals surface area contributed by atoms with Gasteiger partial charge in [0.05, 0.1) is 11.8 Å². The Morgan fingerprint density at radius 1 is 1.00 bits per heavy atom. The van der Waals surface area contributed by atoms with Gasteiger partial charge in [-0.15, -0.1) is 0 Å². The quantitative estimate of drug-likeness (QED) is 0.528. The summed E-state index contributed by atoms with van der Waals surface area (Å²) < 4.78 is 44.8. The van der Waals surface area contributed by atoms with E-state index in [9.17, 15) is 22.8 Å². The van der Waals surface area contributed by atoms with Crippen molar-refractivity contribution in [1.29, 1.82) is 0 Å². The Bertz CT molecular complexity index is 1150. The Labute approximate surface area is 182 Å². The number of aryl methyl sites for hydroxylation is 2. The Kier molecular flexibility index (Phi) is 6.82. The van der Waals surface area contributed by atoms with Gasteiger partial charge in [-0.3, -0.25) is 9.59 Å². The second-order valence-corrected chi connectivity index (χ2v) is 7.16. The summed E-state index contributed by atoms with van der Waals surface area (Å²) in [5.74, 6) is -0.987. The van der Waals surface area contributed by atoms with Crippen LogP contribution in [0.25, 0.3) is 6.08 Å². The Balaban J connectivity index is 1.81. The summed E-state index contributed by atoms with van der Waals surface area (Å²) in [6.45, 7) is 3.39. The monoisotopic (exact) mass is 442 g/mol. The van der Waals surface area contributed by atoms with Crippen LogP contribution in [0, 0.1) is 13.8 Å². The normalized spacial score (nSPS) is 11.8. The van der Waals surface area contributed by atoms with Crippen LogP contribution >= 0.6 is 0 Å². The summed E-state index contributed by atoms with van der Waals surface area (Å²) in [7, 11) is 0. The molecular weight excluding hydrogens is 421 g/mol. The van der Waals surface area contributed by atoms with Crippen LogP contribution in [0.4, 0.5) is 13.2 Å². The van der Waals surface area contributed by atoms with Crippen molar-refractivity contribution in [1.82, 2.24) is 10.6 Å². The topological polar surface area (TPSA) is 71.3 Å². The van der Waals surface area contributed by atoms with Crippen molar-refractivity contribution in [2.75, 3.05) is 0 Å². The molecule has 5 nitrogen and oxygen atoms in total. The van der Waals surface area contributed by atoms with Crippen LogP contribution in [0.2, 0.25) is 0 Å². The van der Waals surface area contributed by atoms with Gasteiger partial charge in [0, 0.05) is 18.2 Å². The number of hydrogen-bond donors (Lipinski definition) is 2. The minimum Gasteiger partial charge on any atom is -0.465 e. The average molecular weight is 442 g/mol. The first-order chi connectivity index (χ1) is 15.1. The number of nitrogens with one attached hydrogen (secondary N) is 2. The summed E-state index contributed by atoms with van der Waals surface area (Å²) >= 11 is 0. The number of carbonyl (C=O) groups is 2. The summed E-state index contributed by atoms with van der Waals surface area (Å²) in [5.41, 5.74) is 1.17. The molecule has 0 aliphatic rings. The number of alkyl halides is 3. The van der Waals surface area contributed by atoms with E-state index in [2.05, 4.69) is 10.6 Å². The molecule has 0 saturated heterocycles. The number of benzene rings is 2. The Morgan fingerprint density at radius 3 is 2.41 bits per heavy atom. The van der Waals surface area contributed by atoms with E-state index in [-0.39, 0.29) is 17.8 Å². The van der Waals surface area contributed by atoms with Gasteiger partial charge in [-0.25, -0.2) is 0 Å². The van der Waals surface area contributed by atoms with Crippen molar-refractivity contribution in [3.05, 3.63) is 100 Å². The molecule has 1 heterocycles. The van der Waals surface area contributed by atoms with Crippen LogP contribution in [-0.4, -0.2) is 11.8 Å². The lowest BCUT2D eigenvalue weighted by Gasteiger charge is -2.15. The van der Waals surface area contributed by atoms with Gasteiger partial charge in [0.2, 0.25) is 0 Å². The SMILES string of the molecule is Cc1ccc(C(=O)NC(=Cc2ccco2)C(=O)NCc2ccccc2C(F)(F)F)cc1C. The number of carbonyl (C=O) groups excluding carboxylic acids is 2. The standard InChI is InChI=1S/C24H21F3N2O3/c1-15-9-10-17(12-16(15)2)22(30)29-21(13-19-7-5-11-32-19)23(31)28-14-18-6-3-4-8-20(18)24(25,26)27/h3-13H,14H2,1-2H3,(H,28,31)(H,29,30). The summed E-state index contributed by atoms with van der Waals surface area (Å²) in [4.78, 5) is 25.5. The predicted octanol–water partition coefficient (Wildman–Crippen LogP) is 5.00. The molecule has 166 valence electrons. The fourth-order valence-corrected chi connectivity index (χ4v) is 2.97. The van der Waals surface area contributed by atoms with Crippen LogP contribution in [0.15, 0.2) is 71.0 Å². The van der Waals surface area contributed by atoms with Gasteiger partial charge in [0.25, 0.3) is 11.8 Å². The van der Waals surface area contributed by atoms with Gasteiger partial charge in [-0.2, -0.15) is 13.2 Å². The lowest BCUT2D eigenvalue weighted by atomic mass is 10.1. The zero-order valence-corrected chi connectivity index (χ0v) is 17.4. The van der Waals surface area contributed by atoms with Crippen molar-refractivity contribution < 1.29 is 27.2 Å². The molecule has 0 atom stereocenters. The van der Waals surface area contributed by atoms with Crippen LogP contribution in [0.1, 0.15) is 38.4 Å². The first-order valence-electron chi connectivity index (χ1n) is 9.72. The van der Waals surface area contributed by atoms with Crippen molar-refractivity contribution in [2.45, 2.75) is 26.6 Å². The number of amides is 2. The average Bonchev–Trinajstić information content (AvgIpc) is 3.26. The van der Waals surface area contributed by atoms with Gasteiger partial charge in [-0.05, 0) is 60.9 Å². The Morgan fingerprint density at radius 2 is 1.75 bits per heavy atom. The first kappa shape index (κ1) is 22.9. The van der Waals surface area contributed by atoms with E-state index < -0.39 is 23.6 Å². The molecule has 3 rings (SSSR count). The highest BCUT2D eigenvalue weighted by Gasteiger charge is 2.32. The summed E-state index contributed by atoms with van der Waals surface area (Å²) in [6, 6.07) is 13.2. The molecule has 0 aliphatic carbocycles. The fourth-order valence-electron chi connectivity index (χ4n) is 2.97. The van der Waals surface area contributed by atoms with Crippen molar-refractivity contribution >= 4 is 17.9 Å². The minimum absolute atomic E-state index is 0.0915. The molecular formula is C24H21F3N2O3. The van der Waals surface area contributed by atoms with E-state index >= 15 is 0 Å². The molecule has 2 N–H and O–H groups in total. The number of furan rings is 1. The lowest BCUT2D eigenvalue weighted by molar-refractivity contribution is -0.138. The van der Waals surface area contributed by atoms with E-state index in [0.717, 1.165) is 17.2 Å². The molecule has 0 aliphatic heterocycles. The molecule has 2 aromatic carbocycles. The lowest BCUT2D eigenvalue weighted by Crippen LogP contribution is -2.35. The van der Waals surface area contributed by atoms with Gasteiger partial charge < -0.3 is 15.1 Å². The molecule has 8 heteroatoms. The van der Waals surface area contributed by atoms with E-state index in [1.54, 1.807) is 30.3 Å². The molecule has 3 aromatic rings. The molecule has 0 unspecified atom stereocenters. The van der Waals surface area contributed by atoms with Crippen molar-refractivity contribution in [2.24, 2.45) is 0 Å². The van der Waals surface area contributed by atoms with E-state index in [0.29, 0.717) is 11.3 Å². The van der Waals surface area contributed by atoms with Gasteiger partial charge >= 0.3 is 6.18 Å². The zero-order chi connectivity index (χ0) is 23.3. The predicted molar refractivity (Wildman–Crippen MR) is 113 cm³/mol. The smallest absolute Gasteiger partial charge is 0.416 e. The van der Waals surface area contributed by atoms with Crippen molar-refractivity contribution in [3.63, 3.8) is 0 Å². The van der Waals surface area contributed by atoms with E-state index in [1.165, 1.54) is 30.5 Å². The largest absolute Gasteiger partial charge is 0.465 e. The highest BCUT2D eigenvalue weighted by atomic mass is 19.4. The minimum atomic E-state index is -4.55. The molecule has 0 saturated carbocycles. The van der Waals surface area contributed by atoms with Crippen LogP contribution < -0.4 is 10.6 Å². The maximum Gasteiger partial charge on any atom is 0.416 e. The highest BCUT2D eigenvalue weighted by molar-refractivity contribution is 6.05. The first-order valence-corrected chi connectivity index (χ1v) is 9.72. The Hall–Kier alpha value is -3.81. The molecule has 2 amide bonds. The molecule has 0 radical (unpaired) electrons. The fraction of sp³-hybridized carbons (Fsp3) is 0.167. The molecule has 32 heavy (non-hydrogen) atoms. The summed E-state index contributed by atoms with van der Waals surface area (Å²) in [5, 5.41) is 4.96. The van der Waals surface area contributed by atoms with Gasteiger partial charge in [-0.1, -0.05) is 24.3 Å². The van der Waals surface area contributed by atoms with Gasteiger partial charge in [0.1, 0.15) is 11.5 Å². The van der Waals surface area contributed by atoms with E-state index in [4.69, 9.17) is 4.42 Å². The van der Waals surface area contributed by atoms with Crippen LogP contribution in [-0.2, 0) is 17.5 Å². The summed E-state index contributed by atoms with van der Waals surface area (Å²) in [6.07, 6.45) is -1.85. The maximum absolute atomic E-state index is 13.2. The molecule has 1 aromatic heterocycles. The number of rotatable bonds is 6. The maximum atomic E-state index is 13.2. The third kappa shape index (κ3) is 5.66. The second kappa shape index (κ2) is 9.55. The zero-order valence-electron chi connectivity index (χ0n) is 17.4. The van der Waals surface area contributed by atoms with Crippen LogP contribution in [0.5, 0.6) is 0 Å². The highest BCUT2D eigenvalue weighted by Crippen LogP contribution is 2.31. The molecule has 0 fully saturated rings. The molecule has 0 spiro atoms. The van der Waals surface area contributed by atoms with Crippen LogP contribution in [0.3, 0.4) is 0 Å².